The normalized spacial score (nSPS) is 44.6. The lowest BCUT2D eigenvalue weighted by Gasteiger charge is -2.34. The van der Waals surface area contributed by atoms with Gasteiger partial charge in [0.25, 0.3) is 0 Å². The van der Waals surface area contributed by atoms with Crippen molar-refractivity contribution in [2.75, 3.05) is 6.54 Å². The molecule has 4 unspecified atom stereocenters. The summed E-state index contributed by atoms with van der Waals surface area (Å²) in [5.74, 6) is 0.288. The summed E-state index contributed by atoms with van der Waals surface area (Å²) in [7, 11) is 0. The van der Waals surface area contributed by atoms with Gasteiger partial charge in [-0.05, 0) is 26.0 Å². The topological polar surface area (TPSA) is 53.5 Å². The zero-order valence-electron chi connectivity index (χ0n) is 10.1. The molecule has 3 N–H and O–H groups in total. The molecule has 4 atom stereocenters. The van der Waals surface area contributed by atoms with Gasteiger partial charge in [0, 0.05) is 24.6 Å². The monoisotopic (exact) mass is 236 g/mol. The number of aliphatic hydroxyl groups is 1. The van der Waals surface area contributed by atoms with Crippen molar-refractivity contribution >= 4 is 0 Å². The molecule has 0 aromatic carbocycles. The average Bonchev–Trinajstić information content (AvgIpc) is 2.97. The second kappa shape index (κ2) is 4.03. The van der Waals surface area contributed by atoms with Crippen molar-refractivity contribution < 1.29 is 9.84 Å². The number of rotatable bonds is 2. The van der Waals surface area contributed by atoms with E-state index in [4.69, 9.17) is 4.74 Å². The molecule has 0 spiro atoms. The first-order valence-corrected chi connectivity index (χ1v) is 6.42. The Balaban J connectivity index is 1.79. The van der Waals surface area contributed by atoms with Crippen LogP contribution in [0.2, 0.25) is 0 Å². The fraction of sp³-hybridized carbons (Fsp3) is 0.692. The van der Waals surface area contributed by atoms with Crippen molar-refractivity contribution in [1.82, 2.24) is 10.6 Å². The maximum Gasteiger partial charge on any atom is 0.155 e. The van der Waals surface area contributed by atoms with E-state index in [2.05, 4.69) is 29.7 Å². The predicted molar refractivity (Wildman–Crippen MR) is 65.0 cm³/mol. The fourth-order valence-electron chi connectivity index (χ4n) is 3.15. The Labute approximate surface area is 102 Å². The van der Waals surface area contributed by atoms with Crippen molar-refractivity contribution in [1.29, 1.82) is 0 Å². The largest absolute Gasteiger partial charge is 0.387 e. The summed E-state index contributed by atoms with van der Waals surface area (Å²) < 4.78 is 5.73. The molecule has 4 heteroatoms. The van der Waals surface area contributed by atoms with E-state index in [0.717, 1.165) is 25.8 Å². The van der Waals surface area contributed by atoms with Gasteiger partial charge in [0.1, 0.15) is 0 Å². The van der Waals surface area contributed by atoms with E-state index in [0.29, 0.717) is 0 Å². The van der Waals surface area contributed by atoms with E-state index in [1.807, 2.05) is 6.20 Å². The Morgan fingerprint density at radius 2 is 2.41 bits per heavy atom. The van der Waals surface area contributed by atoms with E-state index in [9.17, 15) is 5.11 Å². The summed E-state index contributed by atoms with van der Waals surface area (Å²) in [5.41, 5.74) is 1.01. The third-order valence-electron chi connectivity index (χ3n) is 4.11. The molecule has 0 bridgehead atoms. The number of nitrogens with one attached hydrogen (secondary N) is 2. The second-order valence-corrected chi connectivity index (χ2v) is 5.33. The molecular weight excluding hydrogens is 216 g/mol. The van der Waals surface area contributed by atoms with Gasteiger partial charge in [-0.3, -0.25) is 0 Å². The second-order valence-electron chi connectivity index (χ2n) is 5.33. The molecule has 0 aromatic heterocycles. The van der Waals surface area contributed by atoms with E-state index < -0.39 is 6.29 Å². The number of hydrogen-bond acceptors (Lipinski definition) is 4. The lowest BCUT2D eigenvalue weighted by Crippen LogP contribution is -2.45. The van der Waals surface area contributed by atoms with Crippen LogP contribution in [0.5, 0.6) is 0 Å². The van der Waals surface area contributed by atoms with Crippen LogP contribution in [0.4, 0.5) is 0 Å². The highest BCUT2D eigenvalue weighted by atomic mass is 16.6. The van der Waals surface area contributed by atoms with Gasteiger partial charge < -0.3 is 20.5 Å². The zero-order valence-corrected chi connectivity index (χ0v) is 10.1. The third-order valence-corrected chi connectivity index (χ3v) is 4.11. The van der Waals surface area contributed by atoms with E-state index in [1.165, 1.54) is 5.70 Å². The third kappa shape index (κ3) is 1.85. The lowest BCUT2D eigenvalue weighted by molar-refractivity contribution is -0.145. The van der Waals surface area contributed by atoms with Crippen LogP contribution in [-0.4, -0.2) is 29.6 Å². The van der Waals surface area contributed by atoms with Gasteiger partial charge in [-0.2, -0.15) is 0 Å². The minimum Gasteiger partial charge on any atom is -0.387 e. The Morgan fingerprint density at radius 3 is 3.06 bits per heavy atom. The average molecular weight is 236 g/mol. The molecular formula is C13H20N2O2. The maximum atomic E-state index is 9.58. The molecule has 0 aliphatic carbocycles. The van der Waals surface area contributed by atoms with Crippen molar-refractivity contribution in [3.8, 4) is 0 Å². The van der Waals surface area contributed by atoms with Crippen molar-refractivity contribution in [3.63, 3.8) is 0 Å². The lowest BCUT2D eigenvalue weighted by atomic mass is 9.81. The number of hydrogen-bond donors (Lipinski definition) is 3. The molecule has 0 radical (unpaired) electrons. The highest BCUT2D eigenvalue weighted by Gasteiger charge is 2.46. The molecule has 3 aliphatic rings. The minimum atomic E-state index is -0.597. The van der Waals surface area contributed by atoms with Crippen LogP contribution < -0.4 is 10.6 Å². The fourth-order valence-corrected chi connectivity index (χ4v) is 3.15. The summed E-state index contributed by atoms with van der Waals surface area (Å²) in [6.07, 6.45) is 8.58. The molecule has 3 rings (SSSR count). The summed E-state index contributed by atoms with van der Waals surface area (Å²) >= 11 is 0. The van der Waals surface area contributed by atoms with E-state index >= 15 is 0 Å². The maximum absolute atomic E-state index is 9.58. The van der Waals surface area contributed by atoms with Crippen LogP contribution in [0, 0.1) is 5.92 Å². The summed E-state index contributed by atoms with van der Waals surface area (Å²) in [6.45, 7) is 3.13. The Hall–Kier alpha value is -1.00. The summed E-state index contributed by atoms with van der Waals surface area (Å²) in [5, 5.41) is 16.4. The predicted octanol–water partition coefficient (Wildman–Crippen LogP) is 0.853. The van der Waals surface area contributed by atoms with Crippen LogP contribution in [-0.2, 0) is 4.74 Å². The highest BCUT2D eigenvalue weighted by molar-refractivity contribution is 5.25. The molecule has 3 heterocycles. The minimum absolute atomic E-state index is 0.255. The Morgan fingerprint density at radius 1 is 1.53 bits per heavy atom. The molecule has 0 amide bonds. The van der Waals surface area contributed by atoms with Gasteiger partial charge in [0.05, 0.1) is 11.6 Å². The standard InChI is InChI=1S/C13H20N2O2/c1-13(6-4-11(16)17-13)9-5-8-15-12(9)10-3-2-7-14-10/h3,5,8-9,11-12,14-16H,2,4,6-7H2,1H3. The van der Waals surface area contributed by atoms with Gasteiger partial charge in [-0.15, -0.1) is 0 Å². The quantitative estimate of drug-likeness (QED) is 0.665. The highest BCUT2D eigenvalue weighted by Crippen LogP contribution is 2.40. The number of ether oxygens (including phenoxy) is 1. The molecule has 1 saturated heterocycles. The summed E-state index contributed by atoms with van der Waals surface area (Å²) in [6, 6.07) is 0.271. The van der Waals surface area contributed by atoms with Crippen LogP contribution in [0.25, 0.3) is 0 Å². The van der Waals surface area contributed by atoms with Crippen molar-refractivity contribution in [3.05, 3.63) is 24.0 Å². The molecule has 94 valence electrons. The van der Waals surface area contributed by atoms with Crippen LogP contribution in [0.1, 0.15) is 26.2 Å². The summed E-state index contributed by atoms with van der Waals surface area (Å²) in [4.78, 5) is 0. The van der Waals surface area contributed by atoms with Crippen LogP contribution >= 0.6 is 0 Å². The SMILES string of the molecule is CC1(C2C=CNC2C2=CCCN2)CCC(O)O1. The van der Waals surface area contributed by atoms with Gasteiger partial charge in [0.2, 0.25) is 0 Å². The first-order valence-electron chi connectivity index (χ1n) is 6.42. The smallest absolute Gasteiger partial charge is 0.155 e. The first kappa shape index (κ1) is 11.1. The number of aliphatic hydroxyl groups excluding tert-OH is 1. The van der Waals surface area contributed by atoms with Gasteiger partial charge in [0.15, 0.2) is 6.29 Å². The van der Waals surface area contributed by atoms with Gasteiger partial charge in [-0.25, -0.2) is 0 Å². The molecule has 4 nitrogen and oxygen atoms in total. The first-order chi connectivity index (χ1) is 8.19. The molecule has 0 aromatic rings. The van der Waals surface area contributed by atoms with Crippen LogP contribution in [0.15, 0.2) is 24.0 Å². The van der Waals surface area contributed by atoms with Crippen molar-refractivity contribution in [2.45, 2.75) is 44.1 Å². The Kier molecular flexibility index (Phi) is 2.64. The van der Waals surface area contributed by atoms with Gasteiger partial charge in [-0.1, -0.05) is 12.2 Å². The molecule has 1 fully saturated rings. The molecule has 3 aliphatic heterocycles. The molecule has 0 saturated carbocycles. The van der Waals surface area contributed by atoms with E-state index in [1.54, 1.807) is 0 Å². The zero-order chi connectivity index (χ0) is 11.9. The van der Waals surface area contributed by atoms with Gasteiger partial charge >= 0.3 is 0 Å². The molecule has 17 heavy (non-hydrogen) atoms. The Bertz CT molecular complexity index is 366. The van der Waals surface area contributed by atoms with E-state index in [-0.39, 0.29) is 17.6 Å². The van der Waals surface area contributed by atoms with Crippen LogP contribution in [0.3, 0.4) is 0 Å². The van der Waals surface area contributed by atoms with Crippen molar-refractivity contribution in [2.24, 2.45) is 5.92 Å².